The standard InChI is InChI=1S/C17H16F2O2/c1-21-12-9-13(18)15(14(19)10-12)16(20)17(7-8-17)11-5-3-2-4-6-11/h2-6,9-10,16,20H,7-8H2,1H3. The number of methoxy groups -OCH3 is 1. The molecule has 0 amide bonds. The third-order valence-electron chi connectivity index (χ3n) is 4.22. The smallest absolute Gasteiger partial charge is 0.135 e. The Balaban J connectivity index is 2.02. The van der Waals surface area contributed by atoms with Gasteiger partial charge in [-0.1, -0.05) is 30.3 Å². The monoisotopic (exact) mass is 290 g/mol. The zero-order valence-electron chi connectivity index (χ0n) is 11.6. The van der Waals surface area contributed by atoms with Gasteiger partial charge in [-0.05, 0) is 18.4 Å². The summed E-state index contributed by atoms with van der Waals surface area (Å²) in [4.78, 5) is 0. The second-order valence-electron chi connectivity index (χ2n) is 5.43. The summed E-state index contributed by atoms with van der Waals surface area (Å²) in [6.07, 6.45) is 0.220. The molecule has 2 aromatic carbocycles. The average molecular weight is 290 g/mol. The molecule has 21 heavy (non-hydrogen) atoms. The van der Waals surface area contributed by atoms with Crippen molar-refractivity contribution < 1.29 is 18.6 Å². The van der Waals surface area contributed by atoms with E-state index in [0.29, 0.717) is 12.8 Å². The Morgan fingerprint density at radius 1 is 1.10 bits per heavy atom. The van der Waals surface area contributed by atoms with Crippen LogP contribution >= 0.6 is 0 Å². The largest absolute Gasteiger partial charge is 0.497 e. The molecule has 0 aliphatic heterocycles. The molecule has 0 radical (unpaired) electrons. The maximum absolute atomic E-state index is 14.1. The second kappa shape index (κ2) is 5.11. The van der Waals surface area contributed by atoms with E-state index in [1.807, 2.05) is 30.3 Å². The zero-order valence-corrected chi connectivity index (χ0v) is 11.6. The predicted molar refractivity (Wildman–Crippen MR) is 75.2 cm³/mol. The van der Waals surface area contributed by atoms with E-state index < -0.39 is 23.2 Å². The highest BCUT2D eigenvalue weighted by Crippen LogP contribution is 2.57. The van der Waals surface area contributed by atoms with Crippen molar-refractivity contribution in [3.05, 3.63) is 65.2 Å². The van der Waals surface area contributed by atoms with E-state index in [1.54, 1.807) is 0 Å². The van der Waals surface area contributed by atoms with Crippen molar-refractivity contribution in [2.75, 3.05) is 7.11 Å². The summed E-state index contributed by atoms with van der Waals surface area (Å²) in [5, 5.41) is 10.6. The molecule has 0 spiro atoms. The van der Waals surface area contributed by atoms with E-state index in [1.165, 1.54) is 7.11 Å². The summed E-state index contributed by atoms with van der Waals surface area (Å²) in [5.74, 6) is -1.45. The first-order valence-electron chi connectivity index (χ1n) is 6.85. The number of benzene rings is 2. The highest BCUT2D eigenvalue weighted by atomic mass is 19.1. The quantitative estimate of drug-likeness (QED) is 0.929. The highest BCUT2D eigenvalue weighted by molar-refractivity contribution is 5.40. The van der Waals surface area contributed by atoms with Gasteiger partial charge in [0, 0.05) is 17.5 Å². The molecular weight excluding hydrogens is 274 g/mol. The Kier molecular flexibility index (Phi) is 3.41. The fourth-order valence-electron chi connectivity index (χ4n) is 2.84. The Bertz CT molecular complexity index is 628. The molecule has 3 rings (SSSR count). The molecule has 1 N–H and O–H groups in total. The molecule has 1 saturated carbocycles. The Morgan fingerprint density at radius 3 is 2.14 bits per heavy atom. The normalized spacial score (nSPS) is 17.3. The zero-order chi connectivity index (χ0) is 15.0. The fraction of sp³-hybridized carbons (Fsp3) is 0.294. The summed E-state index contributed by atoms with van der Waals surface area (Å²) in [6.45, 7) is 0. The first-order chi connectivity index (χ1) is 10.1. The van der Waals surface area contributed by atoms with E-state index in [4.69, 9.17) is 4.74 Å². The van der Waals surface area contributed by atoms with Gasteiger partial charge in [-0.15, -0.1) is 0 Å². The van der Waals surface area contributed by atoms with Crippen molar-refractivity contribution >= 4 is 0 Å². The Morgan fingerprint density at radius 2 is 1.67 bits per heavy atom. The Hall–Kier alpha value is -1.94. The molecular formula is C17H16F2O2. The molecule has 0 saturated heterocycles. The lowest BCUT2D eigenvalue weighted by molar-refractivity contribution is 0.124. The van der Waals surface area contributed by atoms with Crippen molar-refractivity contribution in [3.63, 3.8) is 0 Å². The van der Waals surface area contributed by atoms with Crippen LogP contribution in [0.15, 0.2) is 42.5 Å². The van der Waals surface area contributed by atoms with Crippen LogP contribution in [0, 0.1) is 11.6 Å². The van der Waals surface area contributed by atoms with Gasteiger partial charge < -0.3 is 9.84 Å². The number of ether oxygens (including phenoxy) is 1. The molecule has 1 aliphatic rings. The number of hydrogen-bond donors (Lipinski definition) is 1. The minimum Gasteiger partial charge on any atom is -0.497 e. The lowest BCUT2D eigenvalue weighted by Crippen LogP contribution is -2.20. The van der Waals surface area contributed by atoms with E-state index in [2.05, 4.69) is 0 Å². The second-order valence-corrected chi connectivity index (χ2v) is 5.43. The molecule has 1 aliphatic carbocycles. The number of aliphatic hydroxyl groups is 1. The van der Waals surface area contributed by atoms with Crippen LogP contribution in [-0.4, -0.2) is 12.2 Å². The van der Waals surface area contributed by atoms with E-state index >= 15 is 0 Å². The number of halogens is 2. The number of rotatable bonds is 4. The third kappa shape index (κ3) is 2.29. The van der Waals surface area contributed by atoms with E-state index in [0.717, 1.165) is 17.7 Å². The van der Waals surface area contributed by atoms with Gasteiger partial charge in [0.1, 0.15) is 17.4 Å². The summed E-state index contributed by atoms with van der Waals surface area (Å²) in [7, 11) is 1.34. The molecule has 4 heteroatoms. The van der Waals surface area contributed by atoms with E-state index in [-0.39, 0.29) is 11.3 Å². The van der Waals surface area contributed by atoms with Gasteiger partial charge in [-0.2, -0.15) is 0 Å². The molecule has 110 valence electrons. The minimum atomic E-state index is -1.20. The van der Waals surface area contributed by atoms with Crippen LogP contribution < -0.4 is 4.74 Å². The van der Waals surface area contributed by atoms with Crippen molar-refractivity contribution in [1.29, 1.82) is 0 Å². The lowest BCUT2D eigenvalue weighted by atomic mass is 9.85. The molecule has 0 heterocycles. The van der Waals surface area contributed by atoms with Gasteiger partial charge in [0.15, 0.2) is 0 Å². The van der Waals surface area contributed by atoms with Gasteiger partial charge >= 0.3 is 0 Å². The maximum Gasteiger partial charge on any atom is 0.135 e. The number of hydrogen-bond acceptors (Lipinski definition) is 2. The summed E-state index contributed by atoms with van der Waals surface area (Å²) in [5.41, 5.74) is 0.0432. The summed E-state index contributed by atoms with van der Waals surface area (Å²) < 4.78 is 33.1. The van der Waals surface area contributed by atoms with Gasteiger partial charge in [0.25, 0.3) is 0 Å². The third-order valence-corrected chi connectivity index (χ3v) is 4.22. The van der Waals surface area contributed by atoms with Crippen LogP contribution in [-0.2, 0) is 5.41 Å². The molecule has 1 fully saturated rings. The fourth-order valence-corrected chi connectivity index (χ4v) is 2.84. The van der Waals surface area contributed by atoms with Crippen molar-refractivity contribution in [2.45, 2.75) is 24.4 Å². The van der Waals surface area contributed by atoms with E-state index in [9.17, 15) is 13.9 Å². The first kappa shape index (κ1) is 14.0. The molecule has 0 bridgehead atoms. The van der Waals surface area contributed by atoms with Crippen LogP contribution in [0.5, 0.6) is 5.75 Å². The molecule has 2 nitrogen and oxygen atoms in total. The summed E-state index contributed by atoms with van der Waals surface area (Å²) >= 11 is 0. The van der Waals surface area contributed by atoms with Crippen LogP contribution in [0.1, 0.15) is 30.1 Å². The first-order valence-corrected chi connectivity index (χ1v) is 6.85. The van der Waals surface area contributed by atoms with Gasteiger partial charge in [0.05, 0.1) is 18.8 Å². The van der Waals surface area contributed by atoms with Crippen molar-refractivity contribution in [2.24, 2.45) is 0 Å². The SMILES string of the molecule is COc1cc(F)c(C(O)C2(c3ccccc3)CC2)c(F)c1. The van der Waals surface area contributed by atoms with Crippen LogP contribution in [0.3, 0.4) is 0 Å². The molecule has 1 unspecified atom stereocenters. The Labute approximate surface area is 122 Å². The molecule has 1 atom stereocenters. The van der Waals surface area contributed by atoms with Crippen LogP contribution in [0.2, 0.25) is 0 Å². The van der Waals surface area contributed by atoms with Crippen LogP contribution in [0.25, 0.3) is 0 Å². The lowest BCUT2D eigenvalue weighted by Gasteiger charge is -2.24. The average Bonchev–Trinajstić information content (AvgIpc) is 3.29. The summed E-state index contributed by atoms with van der Waals surface area (Å²) in [6, 6.07) is 11.6. The maximum atomic E-state index is 14.1. The minimum absolute atomic E-state index is 0.102. The van der Waals surface area contributed by atoms with Crippen molar-refractivity contribution in [3.8, 4) is 5.75 Å². The van der Waals surface area contributed by atoms with Gasteiger partial charge in [0.2, 0.25) is 0 Å². The van der Waals surface area contributed by atoms with Crippen molar-refractivity contribution in [1.82, 2.24) is 0 Å². The highest BCUT2D eigenvalue weighted by Gasteiger charge is 2.52. The topological polar surface area (TPSA) is 29.5 Å². The van der Waals surface area contributed by atoms with Crippen LogP contribution in [0.4, 0.5) is 8.78 Å². The van der Waals surface area contributed by atoms with Gasteiger partial charge in [-0.3, -0.25) is 0 Å². The number of aliphatic hydroxyl groups excluding tert-OH is 1. The van der Waals surface area contributed by atoms with Gasteiger partial charge in [-0.25, -0.2) is 8.78 Å². The predicted octanol–water partition coefficient (Wildman–Crippen LogP) is 3.74. The molecule has 2 aromatic rings. The molecule has 0 aromatic heterocycles.